The summed E-state index contributed by atoms with van der Waals surface area (Å²) in [7, 11) is 1.99. The maximum atomic E-state index is 12.8. The van der Waals surface area contributed by atoms with Gasteiger partial charge >= 0.3 is 0 Å². The molecule has 2 amide bonds. The highest BCUT2D eigenvalue weighted by Gasteiger charge is 2.25. The van der Waals surface area contributed by atoms with Crippen molar-refractivity contribution < 1.29 is 9.59 Å². The first-order valence-corrected chi connectivity index (χ1v) is 10.3. The van der Waals surface area contributed by atoms with E-state index in [1.807, 2.05) is 39.7 Å². The lowest BCUT2D eigenvalue weighted by Gasteiger charge is -2.28. The zero-order chi connectivity index (χ0) is 19.5. The lowest BCUT2D eigenvalue weighted by atomic mass is 10.0. The number of nitrogens with zero attached hydrogens (tertiary/aromatic N) is 4. The van der Waals surface area contributed by atoms with Crippen LogP contribution in [0.1, 0.15) is 36.9 Å². The third-order valence-electron chi connectivity index (χ3n) is 5.94. The van der Waals surface area contributed by atoms with Crippen LogP contribution in [0.4, 0.5) is 0 Å². The molecule has 2 aliphatic rings. The second-order valence-electron chi connectivity index (χ2n) is 7.73. The second kappa shape index (κ2) is 8.17. The number of piperidine rings is 1. The van der Waals surface area contributed by atoms with Crippen LogP contribution in [0.15, 0.2) is 30.3 Å². The first-order valence-electron chi connectivity index (χ1n) is 10.3. The SMILES string of the molecule is Cn1nc(-c2ccccc2)c2c1CCN(C(=O)CCN1CCCCC1=O)CC2. The lowest BCUT2D eigenvalue weighted by molar-refractivity contribution is -0.135. The summed E-state index contributed by atoms with van der Waals surface area (Å²) in [5.41, 5.74) is 4.64. The zero-order valence-corrected chi connectivity index (χ0v) is 16.6. The molecule has 1 aromatic heterocycles. The lowest BCUT2D eigenvalue weighted by Crippen LogP contribution is -2.40. The van der Waals surface area contributed by atoms with Gasteiger partial charge in [0.15, 0.2) is 0 Å². The van der Waals surface area contributed by atoms with Gasteiger partial charge in [0, 0.05) is 69.3 Å². The molecule has 2 aliphatic heterocycles. The number of carbonyl (C=O) groups is 2. The molecule has 0 unspecified atom stereocenters. The number of aryl methyl sites for hydroxylation is 1. The van der Waals surface area contributed by atoms with Crippen LogP contribution < -0.4 is 0 Å². The van der Waals surface area contributed by atoms with Gasteiger partial charge in [-0.15, -0.1) is 0 Å². The largest absolute Gasteiger partial charge is 0.342 e. The summed E-state index contributed by atoms with van der Waals surface area (Å²) in [6, 6.07) is 10.3. The third kappa shape index (κ3) is 3.81. The summed E-state index contributed by atoms with van der Waals surface area (Å²) in [4.78, 5) is 28.5. The summed E-state index contributed by atoms with van der Waals surface area (Å²) in [6.45, 7) is 2.78. The molecule has 6 heteroatoms. The Bertz CT molecular complexity index is 859. The molecule has 0 atom stereocenters. The smallest absolute Gasteiger partial charge is 0.224 e. The highest BCUT2D eigenvalue weighted by Crippen LogP contribution is 2.28. The van der Waals surface area contributed by atoms with Gasteiger partial charge in [-0.05, 0) is 19.3 Å². The van der Waals surface area contributed by atoms with Crippen molar-refractivity contribution in [3.63, 3.8) is 0 Å². The minimum absolute atomic E-state index is 0.153. The number of carbonyl (C=O) groups excluding carboxylic acids is 2. The predicted molar refractivity (Wildman–Crippen MR) is 108 cm³/mol. The molecule has 3 heterocycles. The molecule has 28 heavy (non-hydrogen) atoms. The first-order chi connectivity index (χ1) is 13.6. The second-order valence-corrected chi connectivity index (χ2v) is 7.73. The number of aromatic nitrogens is 2. The van der Waals surface area contributed by atoms with Crippen molar-refractivity contribution >= 4 is 11.8 Å². The average molecular weight is 380 g/mol. The van der Waals surface area contributed by atoms with E-state index in [2.05, 4.69) is 12.1 Å². The van der Waals surface area contributed by atoms with Gasteiger partial charge in [-0.2, -0.15) is 5.10 Å². The molecular weight excluding hydrogens is 352 g/mol. The van der Waals surface area contributed by atoms with Crippen molar-refractivity contribution in [2.45, 2.75) is 38.5 Å². The van der Waals surface area contributed by atoms with Crippen molar-refractivity contribution in [1.29, 1.82) is 0 Å². The quantitative estimate of drug-likeness (QED) is 0.819. The van der Waals surface area contributed by atoms with Crippen LogP contribution in [0.3, 0.4) is 0 Å². The molecule has 1 aromatic carbocycles. The summed E-state index contributed by atoms with van der Waals surface area (Å²) in [5, 5.41) is 4.75. The average Bonchev–Trinajstić information content (AvgIpc) is 2.89. The van der Waals surface area contributed by atoms with Crippen LogP contribution in [-0.2, 0) is 29.5 Å². The van der Waals surface area contributed by atoms with Crippen LogP contribution in [-0.4, -0.2) is 57.6 Å². The van der Waals surface area contributed by atoms with Crippen molar-refractivity contribution in [2.75, 3.05) is 26.2 Å². The molecule has 0 spiro atoms. The van der Waals surface area contributed by atoms with E-state index in [9.17, 15) is 9.59 Å². The Balaban J connectivity index is 1.42. The van der Waals surface area contributed by atoms with Gasteiger partial charge in [-0.1, -0.05) is 30.3 Å². The topological polar surface area (TPSA) is 58.4 Å². The van der Waals surface area contributed by atoms with Crippen molar-refractivity contribution in [3.05, 3.63) is 41.6 Å². The maximum Gasteiger partial charge on any atom is 0.224 e. The maximum absolute atomic E-state index is 12.8. The zero-order valence-electron chi connectivity index (χ0n) is 16.6. The standard InChI is InChI=1S/C22H28N4O2/c1-24-19-11-15-26(21(28)12-16-25-13-6-5-9-20(25)27)14-10-18(19)22(23-24)17-7-3-2-4-8-17/h2-4,7-8H,5-6,9-16H2,1H3. The van der Waals surface area contributed by atoms with Crippen molar-refractivity contribution in [3.8, 4) is 11.3 Å². The Morgan fingerprint density at radius 2 is 1.82 bits per heavy atom. The van der Waals surface area contributed by atoms with E-state index in [1.165, 1.54) is 11.3 Å². The molecule has 0 N–H and O–H groups in total. The van der Waals surface area contributed by atoms with Gasteiger partial charge in [-0.25, -0.2) is 0 Å². The normalized spacial score (nSPS) is 17.4. The highest BCUT2D eigenvalue weighted by atomic mass is 16.2. The van der Waals surface area contributed by atoms with Crippen LogP contribution >= 0.6 is 0 Å². The summed E-state index contributed by atoms with van der Waals surface area (Å²) in [6.07, 6.45) is 4.72. The van der Waals surface area contributed by atoms with Crippen molar-refractivity contribution in [2.24, 2.45) is 7.05 Å². The Hall–Kier alpha value is -2.63. The van der Waals surface area contributed by atoms with E-state index in [0.29, 0.717) is 32.5 Å². The monoisotopic (exact) mass is 380 g/mol. The molecule has 148 valence electrons. The fraction of sp³-hybridized carbons (Fsp3) is 0.500. The molecule has 2 aromatic rings. The van der Waals surface area contributed by atoms with E-state index >= 15 is 0 Å². The number of hydrogen-bond donors (Lipinski definition) is 0. The Labute approximate surface area is 166 Å². The molecule has 4 rings (SSSR count). The molecule has 6 nitrogen and oxygen atoms in total. The Morgan fingerprint density at radius 1 is 1.04 bits per heavy atom. The third-order valence-corrected chi connectivity index (χ3v) is 5.94. The van der Waals surface area contributed by atoms with Gasteiger partial charge in [0.25, 0.3) is 0 Å². The van der Waals surface area contributed by atoms with Crippen LogP contribution in [0.25, 0.3) is 11.3 Å². The number of amides is 2. The molecular formula is C22H28N4O2. The Morgan fingerprint density at radius 3 is 2.61 bits per heavy atom. The van der Waals surface area contributed by atoms with Gasteiger partial charge in [-0.3, -0.25) is 14.3 Å². The molecule has 0 saturated carbocycles. The molecule has 0 bridgehead atoms. The number of rotatable bonds is 4. The van der Waals surface area contributed by atoms with Crippen LogP contribution in [0.2, 0.25) is 0 Å². The van der Waals surface area contributed by atoms with Crippen molar-refractivity contribution in [1.82, 2.24) is 19.6 Å². The van der Waals surface area contributed by atoms with E-state index in [1.54, 1.807) is 0 Å². The Kier molecular flexibility index (Phi) is 5.46. The van der Waals surface area contributed by atoms with Gasteiger partial charge < -0.3 is 9.80 Å². The number of fused-ring (bicyclic) bond motifs is 1. The van der Waals surface area contributed by atoms with Crippen LogP contribution in [0, 0.1) is 0 Å². The molecule has 1 saturated heterocycles. The number of likely N-dealkylation sites (tertiary alicyclic amines) is 1. The fourth-order valence-electron chi connectivity index (χ4n) is 4.34. The molecule has 0 aliphatic carbocycles. The molecule has 1 fully saturated rings. The van der Waals surface area contributed by atoms with E-state index < -0.39 is 0 Å². The van der Waals surface area contributed by atoms with Crippen LogP contribution in [0.5, 0.6) is 0 Å². The summed E-state index contributed by atoms with van der Waals surface area (Å²) >= 11 is 0. The summed E-state index contributed by atoms with van der Waals surface area (Å²) in [5.74, 6) is 0.348. The fourth-order valence-corrected chi connectivity index (χ4v) is 4.34. The number of benzene rings is 1. The predicted octanol–water partition coefficient (Wildman–Crippen LogP) is 2.42. The summed E-state index contributed by atoms with van der Waals surface area (Å²) < 4.78 is 1.97. The van der Waals surface area contributed by atoms with Gasteiger partial charge in [0.2, 0.25) is 11.8 Å². The van der Waals surface area contributed by atoms with E-state index in [4.69, 9.17) is 5.10 Å². The van der Waals surface area contributed by atoms with Gasteiger partial charge in [0.05, 0.1) is 5.69 Å². The minimum Gasteiger partial charge on any atom is -0.342 e. The van der Waals surface area contributed by atoms with Gasteiger partial charge in [0.1, 0.15) is 0 Å². The number of hydrogen-bond acceptors (Lipinski definition) is 3. The highest BCUT2D eigenvalue weighted by molar-refractivity contribution is 5.79. The molecule has 0 radical (unpaired) electrons. The first kappa shape index (κ1) is 18.7. The van der Waals surface area contributed by atoms with E-state index in [0.717, 1.165) is 43.5 Å². The minimum atomic E-state index is 0.153. The van der Waals surface area contributed by atoms with E-state index in [-0.39, 0.29) is 11.8 Å².